The van der Waals surface area contributed by atoms with Crippen LogP contribution in [0.5, 0.6) is 0 Å². The van der Waals surface area contributed by atoms with E-state index in [2.05, 4.69) is 20.3 Å². The summed E-state index contributed by atoms with van der Waals surface area (Å²) in [5, 5.41) is 16.6. The van der Waals surface area contributed by atoms with Crippen molar-refractivity contribution in [1.29, 1.82) is 0 Å². The highest BCUT2D eigenvalue weighted by Gasteiger charge is 2.20. The predicted molar refractivity (Wildman–Crippen MR) is 134 cm³/mol. The Kier molecular flexibility index (Phi) is 5.57. The van der Waals surface area contributed by atoms with Gasteiger partial charge in [0.15, 0.2) is 0 Å². The molecule has 1 atom stereocenters. The van der Waals surface area contributed by atoms with Crippen molar-refractivity contribution in [3.63, 3.8) is 0 Å². The van der Waals surface area contributed by atoms with Crippen molar-refractivity contribution in [3.05, 3.63) is 101 Å². The monoisotopic (exact) mass is 469 g/mol. The predicted octanol–water partition coefficient (Wildman–Crippen LogP) is 5.06. The Hall–Kier alpha value is -4.07. The number of para-hydroxylation sites is 1. The number of nitrogens with zero attached hydrogens (tertiary/aromatic N) is 3. The molecule has 34 heavy (non-hydrogen) atoms. The van der Waals surface area contributed by atoms with Crippen molar-refractivity contribution >= 4 is 50.7 Å². The highest BCUT2D eigenvalue weighted by molar-refractivity contribution is 6.31. The van der Waals surface area contributed by atoms with E-state index in [4.69, 9.17) is 17.3 Å². The Morgan fingerprint density at radius 2 is 1.79 bits per heavy atom. The van der Waals surface area contributed by atoms with Gasteiger partial charge in [-0.1, -0.05) is 48.0 Å². The summed E-state index contributed by atoms with van der Waals surface area (Å²) in [6.07, 6.45) is 1.92. The van der Waals surface area contributed by atoms with Gasteiger partial charge in [-0.05, 0) is 36.8 Å². The molecule has 0 aliphatic rings. The largest absolute Gasteiger partial charge is 0.383 e. The third-order valence-corrected chi connectivity index (χ3v) is 6.17. The first-order valence-corrected chi connectivity index (χ1v) is 10.9. The van der Waals surface area contributed by atoms with Crippen LogP contribution < -0.4 is 11.1 Å². The Morgan fingerprint density at radius 3 is 2.62 bits per heavy atom. The molecule has 1 unspecified atom stereocenters. The average molecular weight is 470 g/mol. The van der Waals surface area contributed by atoms with Gasteiger partial charge in [-0.15, -0.1) is 0 Å². The summed E-state index contributed by atoms with van der Waals surface area (Å²) in [5.74, 6) is -0.0189. The fourth-order valence-corrected chi connectivity index (χ4v) is 4.33. The van der Waals surface area contributed by atoms with Crippen molar-refractivity contribution < 1.29 is 9.90 Å². The summed E-state index contributed by atoms with van der Waals surface area (Å²) in [6, 6.07) is 17.9. The number of aliphatic hydroxyl groups is 1. The molecular formula is C26H20ClN5O2. The number of rotatable bonds is 4. The lowest BCUT2D eigenvalue weighted by Crippen LogP contribution is -2.15. The van der Waals surface area contributed by atoms with Crippen LogP contribution in [0.25, 0.3) is 21.7 Å². The number of carbonyl (C=O) groups excluding carboxylic acids is 1. The summed E-state index contributed by atoms with van der Waals surface area (Å²) in [4.78, 5) is 26.0. The van der Waals surface area contributed by atoms with Gasteiger partial charge < -0.3 is 16.2 Å². The number of fused-ring (bicyclic) bond motifs is 2. The Balaban J connectivity index is 1.60. The summed E-state index contributed by atoms with van der Waals surface area (Å²) in [6.45, 7) is 1.91. The maximum Gasteiger partial charge on any atom is 0.257 e. The topological polar surface area (TPSA) is 114 Å². The zero-order chi connectivity index (χ0) is 23.8. The summed E-state index contributed by atoms with van der Waals surface area (Å²) in [5.41, 5.74) is 9.31. The molecule has 1 amide bonds. The van der Waals surface area contributed by atoms with E-state index in [1.807, 2.05) is 31.2 Å². The molecule has 5 rings (SSSR count). The van der Waals surface area contributed by atoms with Gasteiger partial charge in [-0.25, -0.2) is 9.97 Å². The molecule has 0 fully saturated rings. The molecule has 5 aromatic rings. The second-order valence-electron chi connectivity index (χ2n) is 7.89. The molecule has 2 aromatic heterocycles. The highest BCUT2D eigenvalue weighted by Crippen LogP contribution is 2.35. The van der Waals surface area contributed by atoms with Crippen molar-refractivity contribution in [3.8, 4) is 0 Å². The molecule has 0 aliphatic heterocycles. The lowest BCUT2D eigenvalue weighted by Gasteiger charge is -2.17. The molecule has 3 aromatic carbocycles. The maximum atomic E-state index is 13.3. The number of nitrogens with one attached hydrogen (secondary N) is 1. The number of aromatic nitrogens is 3. The van der Waals surface area contributed by atoms with Gasteiger partial charge in [0.2, 0.25) is 0 Å². The lowest BCUT2D eigenvalue weighted by atomic mass is 9.98. The van der Waals surface area contributed by atoms with E-state index in [0.717, 1.165) is 10.9 Å². The van der Waals surface area contributed by atoms with E-state index in [-0.39, 0.29) is 5.91 Å². The third-order valence-electron chi connectivity index (χ3n) is 5.82. The summed E-state index contributed by atoms with van der Waals surface area (Å²) >= 11 is 6.31. The number of halogens is 1. The van der Waals surface area contributed by atoms with E-state index in [0.29, 0.717) is 49.6 Å². The van der Waals surface area contributed by atoms with E-state index in [1.165, 1.54) is 6.33 Å². The second kappa shape index (κ2) is 8.70. The molecule has 4 N–H and O–H groups in total. The number of hydrogen-bond donors (Lipinski definition) is 3. The van der Waals surface area contributed by atoms with Crippen molar-refractivity contribution in [1.82, 2.24) is 15.0 Å². The average Bonchev–Trinajstić information content (AvgIpc) is 2.85. The zero-order valence-electron chi connectivity index (χ0n) is 18.2. The van der Waals surface area contributed by atoms with Gasteiger partial charge in [-0.2, -0.15) is 0 Å². The third kappa shape index (κ3) is 3.71. The van der Waals surface area contributed by atoms with E-state index in [9.17, 15) is 9.90 Å². The van der Waals surface area contributed by atoms with Crippen LogP contribution in [0, 0.1) is 6.92 Å². The van der Waals surface area contributed by atoms with Crippen molar-refractivity contribution in [2.75, 3.05) is 11.1 Å². The maximum absolute atomic E-state index is 13.3. The number of aryl methyl sites for hydroxylation is 1. The first-order chi connectivity index (χ1) is 16.5. The molecule has 0 spiro atoms. The molecule has 0 saturated carbocycles. The van der Waals surface area contributed by atoms with Crippen LogP contribution in [0.3, 0.4) is 0 Å². The molecule has 0 saturated heterocycles. The van der Waals surface area contributed by atoms with Crippen LogP contribution in [0.4, 0.5) is 11.5 Å². The van der Waals surface area contributed by atoms with Crippen LogP contribution in [0.1, 0.15) is 33.3 Å². The lowest BCUT2D eigenvalue weighted by molar-refractivity contribution is 0.102. The minimum atomic E-state index is -1.03. The van der Waals surface area contributed by atoms with Crippen molar-refractivity contribution in [2.24, 2.45) is 0 Å². The molecule has 2 heterocycles. The van der Waals surface area contributed by atoms with Gasteiger partial charge in [0.25, 0.3) is 5.91 Å². The molecule has 0 bridgehead atoms. The van der Waals surface area contributed by atoms with Crippen LogP contribution >= 0.6 is 11.6 Å². The number of carbonyl (C=O) groups is 1. The van der Waals surface area contributed by atoms with E-state index in [1.54, 1.807) is 42.6 Å². The van der Waals surface area contributed by atoms with Gasteiger partial charge in [0, 0.05) is 32.9 Å². The minimum absolute atomic E-state index is 0.310. The molecule has 7 nitrogen and oxygen atoms in total. The quantitative estimate of drug-likeness (QED) is 0.339. The molecule has 0 radical (unpaired) electrons. The van der Waals surface area contributed by atoms with E-state index >= 15 is 0 Å². The SMILES string of the molecule is Cc1ccc2c(C(O)c3ccccc3Cl)nccc2c1NC(=O)c1cccc2c(N)ncnc12. The van der Waals surface area contributed by atoms with Crippen LogP contribution in [0.2, 0.25) is 5.02 Å². The van der Waals surface area contributed by atoms with Crippen LogP contribution in [-0.4, -0.2) is 26.0 Å². The number of aliphatic hydroxyl groups excluding tert-OH is 1. The fourth-order valence-electron chi connectivity index (χ4n) is 4.09. The smallest absolute Gasteiger partial charge is 0.257 e. The van der Waals surface area contributed by atoms with Crippen LogP contribution in [-0.2, 0) is 0 Å². The van der Waals surface area contributed by atoms with Gasteiger partial charge in [0.05, 0.1) is 22.5 Å². The minimum Gasteiger partial charge on any atom is -0.383 e. The Morgan fingerprint density at radius 1 is 0.971 bits per heavy atom. The summed E-state index contributed by atoms with van der Waals surface area (Å²) < 4.78 is 0. The van der Waals surface area contributed by atoms with E-state index < -0.39 is 6.10 Å². The van der Waals surface area contributed by atoms with Gasteiger partial charge in [0.1, 0.15) is 18.2 Å². The zero-order valence-corrected chi connectivity index (χ0v) is 18.9. The number of pyridine rings is 1. The number of amides is 1. The number of anilines is 2. The Labute approximate surface area is 200 Å². The number of benzene rings is 3. The molecule has 0 aliphatic carbocycles. The molecular weight excluding hydrogens is 450 g/mol. The molecule has 8 heteroatoms. The number of nitrogen functional groups attached to an aromatic ring is 1. The van der Waals surface area contributed by atoms with Gasteiger partial charge in [-0.3, -0.25) is 9.78 Å². The highest BCUT2D eigenvalue weighted by atomic mass is 35.5. The standard InChI is InChI=1S/C26H20ClN5O2/c1-14-9-10-15-16(11-12-29-23(15)24(33)17-5-2-3-8-20(17)27)21(14)32-26(34)19-7-4-6-18-22(19)30-13-31-25(18)28/h2-13,24,33H,1H3,(H,32,34)(H2,28,30,31). The van der Waals surface area contributed by atoms with Crippen LogP contribution in [0.15, 0.2) is 73.2 Å². The first-order valence-electron chi connectivity index (χ1n) is 10.6. The normalized spacial score (nSPS) is 12.1. The van der Waals surface area contributed by atoms with Gasteiger partial charge >= 0.3 is 0 Å². The second-order valence-corrected chi connectivity index (χ2v) is 8.29. The fraction of sp³-hybridized carbons (Fsp3) is 0.0769. The summed E-state index contributed by atoms with van der Waals surface area (Å²) in [7, 11) is 0. The van der Waals surface area contributed by atoms with Crippen molar-refractivity contribution in [2.45, 2.75) is 13.0 Å². The number of nitrogens with two attached hydrogens (primary N) is 1. The Bertz CT molecular complexity index is 1570. The number of hydrogen-bond acceptors (Lipinski definition) is 6. The first kappa shape index (κ1) is 21.8. The molecule has 168 valence electrons.